The molecule has 2 heterocycles. The largest absolute Gasteiger partial charge is 0.370 e. The molecule has 3 rings (SSSR count). The fourth-order valence-electron chi connectivity index (χ4n) is 2.57. The number of benzene rings is 1. The number of rotatable bonds is 1. The zero-order chi connectivity index (χ0) is 15.0. The molecular weight excluding hydrogens is 309 g/mol. The van der Waals surface area contributed by atoms with Crippen molar-refractivity contribution >= 4 is 35.0 Å². The Kier molecular flexibility index (Phi) is 3.78. The van der Waals surface area contributed by atoms with Gasteiger partial charge in [-0.25, -0.2) is 0 Å². The summed E-state index contributed by atoms with van der Waals surface area (Å²) < 4.78 is 1.42. The lowest BCUT2D eigenvalue weighted by molar-refractivity contribution is 0.781. The Morgan fingerprint density at radius 2 is 2.14 bits per heavy atom. The molecule has 0 bridgehead atoms. The zero-order valence-electron chi connectivity index (χ0n) is 11.3. The van der Waals surface area contributed by atoms with Crippen molar-refractivity contribution in [2.24, 2.45) is 5.73 Å². The normalized spacial score (nSPS) is 14.2. The molecule has 21 heavy (non-hydrogen) atoms. The van der Waals surface area contributed by atoms with Crippen LogP contribution in [-0.2, 0) is 6.42 Å². The summed E-state index contributed by atoms with van der Waals surface area (Å²) in [5.74, 6) is 0.663. The number of nitrogens with zero attached hydrogens (tertiary/aromatic N) is 2. The molecule has 0 amide bonds. The number of hydrogen-bond donors (Lipinski definition) is 3. The van der Waals surface area contributed by atoms with Crippen molar-refractivity contribution in [1.29, 1.82) is 5.41 Å². The molecule has 0 unspecified atom stereocenters. The number of nitrogen functional groups attached to an aromatic ring is 1. The van der Waals surface area contributed by atoms with Gasteiger partial charge in [0.15, 0.2) is 0 Å². The summed E-state index contributed by atoms with van der Waals surface area (Å²) in [4.78, 5) is 0. The summed E-state index contributed by atoms with van der Waals surface area (Å²) in [5, 5.41) is 16.6. The molecule has 4 N–H and O–H groups in total. The number of halogens is 2. The van der Waals surface area contributed by atoms with Gasteiger partial charge in [-0.1, -0.05) is 23.2 Å². The van der Waals surface area contributed by atoms with Gasteiger partial charge in [0.05, 0.1) is 10.7 Å². The molecule has 0 radical (unpaired) electrons. The van der Waals surface area contributed by atoms with E-state index in [2.05, 4.69) is 10.4 Å². The summed E-state index contributed by atoms with van der Waals surface area (Å²) in [7, 11) is 0. The predicted molar refractivity (Wildman–Crippen MR) is 86.4 cm³/mol. The van der Waals surface area contributed by atoms with Gasteiger partial charge in [0.2, 0.25) is 5.96 Å². The maximum absolute atomic E-state index is 7.70. The molecule has 0 fully saturated rings. The highest BCUT2D eigenvalue weighted by molar-refractivity contribution is 6.35. The number of aromatic nitrogens is 2. The lowest BCUT2D eigenvalue weighted by atomic mass is 10.0. The first-order valence-electron chi connectivity index (χ1n) is 6.73. The van der Waals surface area contributed by atoms with Gasteiger partial charge in [0.1, 0.15) is 5.82 Å². The minimum atomic E-state index is -0.120. The van der Waals surface area contributed by atoms with Crippen LogP contribution in [0, 0.1) is 5.41 Å². The van der Waals surface area contributed by atoms with Crippen LogP contribution in [0.1, 0.15) is 18.4 Å². The first-order chi connectivity index (χ1) is 10.1. The summed E-state index contributed by atoms with van der Waals surface area (Å²) >= 11 is 12.4. The highest BCUT2D eigenvalue weighted by Crippen LogP contribution is 2.36. The molecule has 1 aliphatic heterocycles. The van der Waals surface area contributed by atoms with E-state index in [1.165, 1.54) is 4.68 Å². The predicted octanol–water partition coefficient (Wildman–Crippen LogP) is 3.35. The quantitative estimate of drug-likeness (QED) is 0.556. The van der Waals surface area contributed by atoms with Crippen LogP contribution >= 0.6 is 23.2 Å². The van der Waals surface area contributed by atoms with E-state index >= 15 is 0 Å². The molecule has 0 atom stereocenters. The fraction of sp³-hybridized carbons (Fsp3) is 0.286. The Labute approximate surface area is 132 Å². The topological polar surface area (TPSA) is 79.7 Å². The molecule has 5 nitrogen and oxygen atoms in total. The van der Waals surface area contributed by atoms with E-state index in [1.807, 2.05) is 0 Å². The Bertz CT molecular complexity index is 708. The Morgan fingerprint density at radius 3 is 2.90 bits per heavy atom. The summed E-state index contributed by atoms with van der Waals surface area (Å²) in [6, 6.07) is 5.29. The standard InChI is InChI=1S/C14H15Cl2N5/c15-8-4-5-11(16)10(7-8)12-9-3-1-2-6-19-13(9)21(20-12)14(17)18/h4-5,7,19H,1-3,6H2,(H3,17,18). The zero-order valence-corrected chi connectivity index (χ0v) is 12.8. The van der Waals surface area contributed by atoms with Crippen molar-refractivity contribution in [3.63, 3.8) is 0 Å². The van der Waals surface area contributed by atoms with Crippen molar-refractivity contribution in [3.05, 3.63) is 33.8 Å². The van der Waals surface area contributed by atoms with Crippen LogP contribution in [0.25, 0.3) is 11.3 Å². The van der Waals surface area contributed by atoms with Crippen LogP contribution in [0.5, 0.6) is 0 Å². The van der Waals surface area contributed by atoms with Crippen molar-refractivity contribution in [1.82, 2.24) is 9.78 Å². The monoisotopic (exact) mass is 323 g/mol. The summed E-state index contributed by atoms with van der Waals surface area (Å²) in [6.45, 7) is 0.842. The second kappa shape index (κ2) is 5.58. The first kappa shape index (κ1) is 14.2. The van der Waals surface area contributed by atoms with Crippen LogP contribution in [0.4, 0.5) is 5.82 Å². The van der Waals surface area contributed by atoms with Gasteiger partial charge >= 0.3 is 0 Å². The smallest absolute Gasteiger partial charge is 0.215 e. The SMILES string of the molecule is N=C(N)n1nc(-c2cc(Cl)ccc2Cl)c2c1NCCCC2. The third-order valence-electron chi connectivity index (χ3n) is 3.54. The number of nitrogens with two attached hydrogens (primary N) is 1. The van der Waals surface area contributed by atoms with Crippen LogP contribution in [0.2, 0.25) is 10.0 Å². The molecule has 0 aliphatic carbocycles. The second-order valence-corrected chi connectivity index (χ2v) is 5.82. The molecule has 1 aliphatic rings. The number of anilines is 1. The molecule has 0 saturated carbocycles. The van der Waals surface area contributed by atoms with Crippen LogP contribution < -0.4 is 11.1 Å². The van der Waals surface area contributed by atoms with E-state index in [9.17, 15) is 0 Å². The van der Waals surface area contributed by atoms with Crippen molar-refractivity contribution in [2.45, 2.75) is 19.3 Å². The van der Waals surface area contributed by atoms with E-state index in [0.717, 1.165) is 48.4 Å². The number of fused-ring (bicyclic) bond motifs is 1. The molecule has 0 saturated heterocycles. The minimum absolute atomic E-state index is 0.120. The van der Waals surface area contributed by atoms with Gasteiger partial charge in [-0.3, -0.25) is 5.41 Å². The van der Waals surface area contributed by atoms with Gasteiger partial charge in [0.25, 0.3) is 0 Å². The highest BCUT2D eigenvalue weighted by atomic mass is 35.5. The van der Waals surface area contributed by atoms with Gasteiger partial charge in [-0.2, -0.15) is 9.78 Å². The first-order valence-corrected chi connectivity index (χ1v) is 7.49. The average Bonchev–Trinajstić information content (AvgIpc) is 2.64. The Morgan fingerprint density at radius 1 is 1.33 bits per heavy atom. The van der Waals surface area contributed by atoms with Gasteiger partial charge in [0, 0.05) is 22.7 Å². The summed E-state index contributed by atoms with van der Waals surface area (Å²) in [5.41, 5.74) is 8.17. The lowest BCUT2D eigenvalue weighted by Crippen LogP contribution is -2.24. The van der Waals surface area contributed by atoms with Crippen molar-refractivity contribution < 1.29 is 0 Å². The molecule has 110 valence electrons. The molecule has 0 spiro atoms. The van der Waals surface area contributed by atoms with E-state index in [-0.39, 0.29) is 5.96 Å². The fourth-order valence-corrected chi connectivity index (χ4v) is 2.95. The molecule has 7 heteroatoms. The van der Waals surface area contributed by atoms with E-state index < -0.39 is 0 Å². The summed E-state index contributed by atoms with van der Waals surface area (Å²) in [6.07, 6.45) is 2.98. The number of nitrogens with one attached hydrogen (secondary N) is 2. The molecular formula is C14H15Cl2N5. The lowest BCUT2D eigenvalue weighted by Gasteiger charge is -2.06. The highest BCUT2D eigenvalue weighted by Gasteiger charge is 2.23. The molecule has 1 aromatic heterocycles. The van der Waals surface area contributed by atoms with E-state index in [4.69, 9.17) is 34.3 Å². The maximum atomic E-state index is 7.70. The van der Waals surface area contributed by atoms with Crippen LogP contribution in [-0.4, -0.2) is 22.3 Å². The van der Waals surface area contributed by atoms with Crippen LogP contribution in [0.15, 0.2) is 18.2 Å². The second-order valence-electron chi connectivity index (χ2n) is 4.98. The molecule has 1 aromatic carbocycles. The van der Waals surface area contributed by atoms with Gasteiger partial charge in [-0.05, 0) is 37.5 Å². The number of hydrogen-bond acceptors (Lipinski definition) is 3. The Hall–Kier alpha value is -1.72. The Balaban J connectivity index is 2.23. The van der Waals surface area contributed by atoms with Gasteiger partial charge < -0.3 is 11.1 Å². The van der Waals surface area contributed by atoms with Crippen LogP contribution in [0.3, 0.4) is 0 Å². The minimum Gasteiger partial charge on any atom is -0.370 e. The van der Waals surface area contributed by atoms with E-state index in [0.29, 0.717) is 10.0 Å². The van der Waals surface area contributed by atoms with Gasteiger partial charge in [-0.15, -0.1) is 0 Å². The van der Waals surface area contributed by atoms with E-state index in [1.54, 1.807) is 18.2 Å². The third-order valence-corrected chi connectivity index (χ3v) is 4.11. The van der Waals surface area contributed by atoms with Crippen molar-refractivity contribution in [3.8, 4) is 11.3 Å². The third kappa shape index (κ3) is 2.59. The average molecular weight is 324 g/mol. The maximum Gasteiger partial charge on any atom is 0.215 e. The molecule has 2 aromatic rings. The van der Waals surface area contributed by atoms with Crippen molar-refractivity contribution in [2.75, 3.05) is 11.9 Å².